The number of ether oxygens (including phenoxy) is 2. The Labute approximate surface area is 143 Å². The molecule has 1 aromatic heterocycles. The van der Waals surface area contributed by atoms with Crippen molar-refractivity contribution in [3.05, 3.63) is 46.6 Å². The van der Waals surface area contributed by atoms with Crippen molar-refractivity contribution in [1.29, 1.82) is 0 Å². The van der Waals surface area contributed by atoms with Crippen molar-refractivity contribution in [1.82, 2.24) is 10.3 Å². The lowest BCUT2D eigenvalue weighted by molar-refractivity contribution is 0.252. The van der Waals surface area contributed by atoms with E-state index in [4.69, 9.17) is 9.47 Å². The molecule has 0 unspecified atom stereocenters. The monoisotopic (exact) mass is 379 g/mol. The quantitative estimate of drug-likeness (QED) is 0.807. The number of nitrogens with one attached hydrogen (secondary N) is 2. The number of anilines is 1. The van der Waals surface area contributed by atoms with Crippen molar-refractivity contribution in [3.63, 3.8) is 0 Å². The van der Waals surface area contributed by atoms with E-state index in [1.807, 2.05) is 18.2 Å². The number of urea groups is 1. The zero-order valence-electron chi connectivity index (χ0n) is 12.9. The first kappa shape index (κ1) is 17.1. The van der Waals surface area contributed by atoms with Gasteiger partial charge < -0.3 is 14.8 Å². The highest BCUT2D eigenvalue weighted by Crippen LogP contribution is 2.27. The van der Waals surface area contributed by atoms with Crippen molar-refractivity contribution in [2.24, 2.45) is 0 Å². The highest BCUT2D eigenvalue weighted by Gasteiger charge is 2.06. The molecule has 2 aromatic rings. The van der Waals surface area contributed by atoms with Crippen molar-refractivity contribution in [2.75, 3.05) is 26.1 Å². The fourth-order valence-electron chi connectivity index (χ4n) is 1.99. The lowest BCUT2D eigenvalue weighted by Crippen LogP contribution is -2.30. The smallest absolute Gasteiger partial charge is 0.320 e. The zero-order chi connectivity index (χ0) is 16.7. The number of methoxy groups -OCH3 is 2. The van der Waals surface area contributed by atoms with E-state index in [1.54, 1.807) is 32.5 Å². The van der Waals surface area contributed by atoms with Crippen molar-refractivity contribution in [2.45, 2.75) is 6.42 Å². The van der Waals surface area contributed by atoms with Gasteiger partial charge in [-0.3, -0.25) is 5.32 Å². The fraction of sp³-hybridized carbons (Fsp3) is 0.250. The van der Waals surface area contributed by atoms with Gasteiger partial charge in [0, 0.05) is 17.2 Å². The maximum Gasteiger partial charge on any atom is 0.320 e. The van der Waals surface area contributed by atoms with Crippen LogP contribution in [0.4, 0.5) is 10.6 Å². The van der Waals surface area contributed by atoms with Crippen LogP contribution in [0.15, 0.2) is 41.0 Å². The summed E-state index contributed by atoms with van der Waals surface area (Å²) in [7, 11) is 3.19. The molecule has 122 valence electrons. The molecule has 7 heteroatoms. The molecule has 0 fully saturated rings. The molecule has 0 aliphatic rings. The first-order valence-electron chi connectivity index (χ1n) is 6.99. The molecule has 0 saturated heterocycles. The number of halogens is 1. The Balaban J connectivity index is 1.83. The number of amides is 2. The van der Waals surface area contributed by atoms with Gasteiger partial charge in [-0.1, -0.05) is 22.0 Å². The molecule has 6 nitrogen and oxygen atoms in total. The average molecular weight is 380 g/mol. The summed E-state index contributed by atoms with van der Waals surface area (Å²) in [5.74, 6) is 1.85. The van der Waals surface area contributed by atoms with Crippen LogP contribution in [0.1, 0.15) is 5.56 Å². The van der Waals surface area contributed by atoms with E-state index in [0.29, 0.717) is 30.3 Å². The third-order valence-corrected chi connectivity index (χ3v) is 3.60. The summed E-state index contributed by atoms with van der Waals surface area (Å²) in [6.07, 6.45) is 2.29. The van der Waals surface area contributed by atoms with Crippen molar-refractivity contribution >= 4 is 27.8 Å². The predicted molar refractivity (Wildman–Crippen MR) is 92.2 cm³/mol. The first-order chi connectivity index (χ1) is 11.1. The van der Waals surface area contributed by atoms with E-state index in [0.717, 1.165) is 10.0 Å². The van der Waals surface area contributed by atoms with Gasteiger partial charge in [-0.05, 0) is 36.2 Å². The van der Waals surface area contributed by atoms with E-state index in [2.05, 4.69) is 31.5 Å². The SMILES string of the molecule is COc1ccc(CCNC(=O)Nc2cc(Br)ccn2)cc1OC. The third-order valence-electron chi connectivity index (χ3n) is 3.11. The van der Waals surface area contributed by atoms with Crippen LogP contribution in [0.3, 0.4) is 0 Å². The van der Waals surface area contributed by atoms with Crippen molar-refractivity contribution < 1.29 is 14.3 Å². The molecule has 0 aliphatic carbocycles. The predicted octanol–water partition coefficient (Wildman–Crippen LogP) is 3.23. The number of carbonyl (C=O) groups is 1. The first-order valence-corrected chi connectivity index (χ1v) is 7.79. The maximum atomic E-state index is 11.8. The molecule has 2 N–H and O–H groups in total. The molecule has 0 saturated carbocycles. The average Bonchev–Trinajstić information content (AvgIpc) is 2.54. The van der Waals surface area contributed by atoms with Gasteiger partial charge >= 0.3 is 6.03 Å². The van der Waals surface area contributed by atoms with Gasteiger partial charge in [-0.2, -0.15) is 0 Å². The summed E-state index contributed by atoms with van der Waals surface area (Å²) in [4.78, 5) is 15.9. The van der Waals surface area contributed by atoms with E-state index in [9.17, 15) is 4.79 Å². The molecule has 1 aromatic carbocycles. The summed E-state index contributed by atoms with van der Waals surface area (Å²) in [6.45, 7) is 0.495. The second-order valence-corrected chi connectivity index (χ2v) is 5.60. The molecule has 0 spiro atoms. The number of pyridine rings is 1. The van der Waals surface area contributed by atoms with Crippen LogP contribution in [0.2, 0.25) is 0 Å². The van der Waals surface area contributed by atoms with Gasteiger partial charge in [-0.15, -0.1) is 0 Å². The molecule has 0 radical (unpaired) electrons. The number of nitrogens with zero attached hydrogens (tertiary/aromatic N) is 1. The maximum absolute atomic E-state index is 11.8. The molecule has 2 amide bonds. The number of hydrogen-bond acceptors (Lipinski definition) is 4. The number of benzene rings is 1. The molecular formula is C16H18BrN3O3. The standard InChI is InChI=1S/C16H18BrN3O3/c1-22-13-4-3-11(9-14(13)23-2)5-7-19-16(21)20-15-10-12(17)6-8-18-15/h3-4,6,8-10H,5,7H2,1-2H3,(H2,18,19,20,21). The topological polar surface area (TPSA) is 72.5 Å². The summed E-state index contributed by atoms with van der Waals surface area (Å²) >= 11 is 3.33. The number of rotatable bonds is 6. The van der Waals surface area contributed by atoms with Gasteiger partial charge in [0.1, 0.15) is 5.82 Å². The number of carbonyl (C=O) groups excluding carboxylic acids is 1. The molecule has 23 heavy (non-hydrogen) atoms. The molecule has 0 bridgehead atoms. The Morgan fingerprint density at radius 1 is 1.17 bits per heavy atom. The van der Waals surface area contributed by atoms with Crippen LogP contribution >= 0.6 is 15.9 Å². The van der Waals surface area contributed by atoms with Gasteiger partial charge in [0.05, 0.1) is 14.2 Å². The molecule has 2 rings (SSSR count). The summed E-state index contributed by atoms with van der Waals surface area (Å²) < 4.78 is 11.3. The van der Waals surface area contributed by atoms with Crippen LogP contribution < -0.4 is 20.1 Å². The second kappa shape index (κ2) is 8.38. The zero-order valence-corrected chi connectivity index (χ0v) is 14.5. The summed E-state index contributed by atoms with van der Waals surface area (Å²) in [6, 6.07) is 8.91. The Morgan fingerprint density at radius 2 is 1.96 bits per heavy atom. The Kier molecular flexibility index (Phi) is 6.22. The third kappa shape index (κ3) is 5.14. The van der Waals surface area contributed by atoms with E-state index in [1.165, 1.54) is 0 Å². The minimum atomic E-state index is -0.295. The second-order valence-electron chi connectivity index (χ2n) is 4.68. The highest BCUT2D eigenvalue weighted by molar-refractivity contribution is 9.10. The largest absolute Gasteiger partial charge is 0.493 e. The Bertz CT molecular complexity index is 679. The molecular weight excluding hydrogens is 362 g/mol. The van der Waals surface area contributed by atoms with Gasteiger partial charge in [0.25, 0.3) is 0 Å². The molecule has 0 aliphatic heterocycles. The van der Waals surface area contributed by atoms with Crippen LogP contribution in [-0.4, -0.2) is 31.8 Å². The molecule has 0 atom stereocenters. The van der Waals surface area contributed by atoms with Crippen LogP contribution in [0.5, 0.6) is 11.5 Å². The minimum absolute atomic E-state index is 0.295. The normalized spacial score (nSPS) is 10.0. The van der Waals surface area contributed by atoms with E-state index in [-0.39, 0.29) is 6.03 Å². The van der Waals surface area contributed by atoms with Gasteiger partial charge in [0.2, 0.25) is 0 Å². The van der Waals surface area contributed by atoms with Gasteiger partial charge in [0.15, 0.2) is 11.5 Å². The minimum Gasteiger partial charge on any atom is -0.493 e. The lowest BCUT2D eigenvalue weighted by Gasteiger charge is -2.10. The van der Waals surface area contributed by atoms with Crippen LogP contribution in [-0.2, 0) is 6.42 Å². The van der Waals surface area contributed by atoms with E-state index >= 15 is 0 Å². The number of hydrogen-bond donors (Lipinski definition) is 2. The molecule has 1 heterocycles. The summed E-state index contributed by atoms with van der Waals surface area (Å²) in [5, 5.41) is 5.46. The highest BCUT2D eigenvalue weighted by atomic mass is 79.9. The van der Waals surface area contributed by atoms with Crippen LogP contribution in [0, 0.1) is 0 Å². The van der Waals surface area contributed by atoms with Crippen LogP contribution in [0.25, 0.3) is 0 Å². The lowest BCUT2D eigenvalue weighted by atomic mass is 10.1. The Morgan fingerprint density at radius 3 is 2.65 bits per heavy atom. The van der Waals surface area contributed by atoms with Gasteiger partial charge in [-0.25, -0.2) is 9.78 Å². The summed E-state index contributed by atoms with van der Waals surface area (Å²) in [5.41, 5.74) is 1.04. The Hall–Kier alpha value is -2.28. The number of aromatic nitrogens is 1. The fourth-order valence-corrected chi connectivity index (χ4v) is 2.33. The van der Waals surface area contributed by atoms with E-state index < -0.39 is 0 Å². The van der Waals surface area contributed by atoms with Crippen molar-refractivity contribution in [3.8, 4) is 11.5 Å².